The second-order valence-electron chi connectivity index (χ2n) is 12.4. The maximum Gasteiger partial charge on any atom is 0.469 e. The Morgan fingerprint density at radius 1 is 0.756 bits per heavy atom. The van der Waals surface area contributed by atoms with Crippen LogP contribution in [0.4, 0.5) is 0 Å². The molecule has 2 unspecified atom stereocenters. The maximum atomic E-state index is 12.3. The molecule has 1 fully saturated rings. The van der Waals surface area contributed by atoms with Crippen molar-refractivity contribution < 1.29 is 42.7 Å². The Morgan fingerprint density at radius 2 is 1.36 bits per heavy atom. The number of phosphoric acid groups is 1. The van der Waals surface area contributed by atoms with Crippen LogP contribution in [-0.4, -0.2) is 53.3 Å². The van der Waals surface area contributed by atoms with Crippen molar-refractivity contribution in [3.05, 3.63) is 36.5 Å². The molecular formula is C35H61O9P. The summed E-state index contributed by atoms with van der Waals surface area (Å²) in [7, 11) is -4.76. The highest BCUT2D eigenvalue weighted by Crippen LogP contribution is 2.36. The van der Waals surface area contributed by atoms with Gasteiger partial charge in [-0.1, -0.05) is 109 Å². The van der Waals surface area contributed by atoms with Crippen LogP contribution in [0.5, 0.6) is 0 Å². The summed E-state index contributed by atoms with van der Waals surface area (Å²) < 4.78 is 31.9. The number of carbonyl (C=O) groups is 2. The molecule has 1 aliphatic rings. The van der Waals surface area contributed by atoms with Gasteiger partial charge in [-0.05, 0) is 57.3 Å². The lowest BCUT2D eigenvalue weighted by atomic mass is 10.0. The van der Waals surface area contributed by atoms with Gasteiger partial charge in [0.25, 0.3) is 0 Å². The molecule has 45 heavy (non-hydrogen) atoms. The minimum atomic E-state index is -4.76. The van der Waals surface area contributed by atoms with Gasteiger partial charge >= 0.3 is 19.8 Å². The van der Waals surface area contributed by atoms with Crippen LogP contribution in [0, 0.1) is 5.92 Å². The van der Waals surface area contributed by atoms with E-state index in [4.69, 9.17) is 24.0 Å². The third-order valence-electron chi connectivity index (χ3n) is 7.49. The molecule has 0 saturated carbocycles. The van der Waals surface area contributed by atoms with Crippen LogP contribution in [0.3, 0.4) is 0 Å². The SMILES string of the molecule is CCCCC/C=C\CC1OC1C/C=C\C/C=C\CCCC(=O)OC[C@H](COP(=O)(O)O)OC(=O)CCCCCCCCC(C)C. The van der Waals surface area contributed by atoms with Gasteiger partial charge in [0.1, 0.15) is 6.61 Å². The largest absolute Gasteiger partial charge is 0.469 e. The number of hydrogen-bond acceptors (Lipinski definition) is 7. The highest BCUT2D eigenvalue weighted by atomic mass is 31.2. The van der Waals surface area contributed by atoms with Crippen LogP contribution in [0.15, 0.2) is 36.5 Å². The quantitative estimate of drug-likeness (QED) is 0.0267. The second kappa shape index (κ2) is 26.3. The first kappa shape index (κ1) is 41.3. The number of phosphoric ester groups is 1. The van der Waals surface area contributed by atoms with E-state index in [0.717, 1.165) is 57.3 Å². The zero-order valence-corrected chi connectivity index (χ0v) is 29.0. The molecule has 3 atom stereocenters. The fraction of sp³-hybridized carbons (Fsp3) is 0.771. The molecule has 0 radical (unpaired) electrons. The molecule has 1 aliphatic heterocycles. The molecule has 2 N–H and O–H groups in total. The number of allylic oxidation sites excluding steroid dienone is 4. The first-order valence-electron chi connectivity index (χ1n) is 17.3. The lowest BCUT2D eigenvalue weighted by Gasteiger charge is -2.18. The van der Waals surface area contributed by atoms with E-state index in [1.807, 2.05) is 6.08 Å². The molecule has 0 aromatic carbocycles. The van der Waals surface area contributed by atoms with Gasteiger partial charge in [-0.15, -0.1) is 0 Å². The zero-order chi connectivity index (χ0) is 33.2. The lowest BCUT2D eigenvalue weighted by Crippen LogP contribution is -2.29. The minimum Gasteiger partial charge on any atom is -0.462 e. The minimum absolute atomic E-state index is 0.185. The molecule has 1 heterocycles. The maximum absolute atomic E-state index is 12.3. The topological polar surface area (TPSA) is 132 Å². The first-order chi connectivity index (χ1) is 21.6. The summed E-state index contributed by atoms with van der Waals surface area (Å²) in [5.74, 6) is -0.243. The van der Waals surface area contributed by atoms with Gasteiger partial charge in [0.2, 0.25) is 0 Å². The van der Waals surface area contributed by atoms with Crippen molar-refractivity contribution in [1.29, 1.82) is 0 Å². The number of ether oxygens (including phenoxy) is 3. The van der Waals surface area contributed by atoms with Crippen molar-refractivity contribution in [3.63, 3.8) is 0 Å². The van der Waals surface area contributed by atoms with Gasteiger partial charge in [-0.25, -0.2) is 4.57 Å². The number of hydrogen-bond donors (Lipinski definition) is 2. The van der Waals surface area contributed by atoms with Gasteiger partial charge in [-0.3, -0.25) is 14.1 Å². The molecule has 1 saturated heterocycles. The van der Waals surface area contributed by atoms with Gasteiger partial charge in [0.05, 0.1) is 18.8 Å². The molecule has 9 nitrogen and oxygen atoms in total. The van der Waals surface area contributed by atoms with Gasteiger partial charge in [0.15, 0.2) is 6.10 Å². The Hall–Kier alpha value is -1.77. The Bertz CT molecular complexity index is 909. The second-order valence-corrected chi connectivity index (χ2v) is 13.6. The summed E-state index contributed by atoms with van der Waals surface area (Å²) in [6, 6.07) is 0. The number of esters is 2. The number of epoxide rings is 1. The first-order valence-corrected chi connectivity index (χ1v) is 18.8. The molecule has 0 spiro atoms. The Morgan fingerprint density at radius 3 is 2.04 bits per heavy atom. The van der Waals surface area contributed by atoms with Gasteiger partial charge in [-0.2, -0.15) is 0 Å². The third-order valence-corrected chi connectivity index (χ3v) is 7.98. The predicted molar refractivity (Wildman–Crippen MR) is 179 cm³/mol. The Balaban J connectivity index is 2.16. The summed E-state index contributed by atoms with van der Waals surface area (Å²) in [6.45, 7) is 5.79. The van der Waals surface area contributed by atoms with Crippen LogP contribution in [0.2, 0.25) is 0 Å². The molecule has 10 heteroatoms. The standard InChI is InChI=1S/C35H61O9P/c1-4-5-6-7-14-19-24-32-33(44-32)25-20-15-9-8-10-16-21-26-34(36)41-28-31(29-42-45(38,39)40)43-35(37)27-22-17-12-11-13-18-23-30(2)3/h8,10,14-15,19-20,30-33H,4-7,9,11-13,16-18,21-29H2,1-3H3,(H2,38,39,40)/b10-8-,19-14-,20-15-/t31-,32?,33?/m1/s1. The number of carbonyl (C=O) groups excluding carboxylic acids is 2. The molecule has 0 bridgehead atoms. The Labute approximate surface area is 272 Å². The smallest absolute Gasteiger partial charge is 0.462 e. The van der Waals surface area contributed by atoms with E-state index in [1.54, 1.807) is 0 Å². The molecule has 260 valence electrons. The van der Waals surface area contributed by atoms with Crippen LogP contribution >= 0.6 is 7.82 Å². The van der Waals surface area contributed by atoms with Crippen molar-refractivity contribution in [2.45, 2.75) is 155 Å². The number of rotatable bonds is 29. The molecule has 0 aromatic rings. The van der Waals surface area contributed by atoms with Crippen LogP contribution in [0.1, 0.15) is 136 Å². The van der Waals surface area contributed by atoms with Crippen molar-refractivity contribution >= 4 is 19.8 Å². The fourth-order valence-electron chi connectivity index (χ4n) is 4.77. The average molecular weight is 657 g/mol. The lowest BCUT2D eigenvalue weighted by molar-refractivity contribution is -0.161. The predicted octanol–water partition coefficient (Wildman–Crippen LogP) is 8.68. The summed E-state index contributed by atoms with van der Waals surface area (Å²) in [6.07, 6.45) is 29.3. The summed E-state index contributed by atoms with van der Waals surface area (Å²) in [4.78, 5) is 42.5. The third kappa shape index (κ3) is 27.1. The summed E-state index contributed by atoms with van der Waals surface area (Å²) >= 11 is 0. The Kier molecular flexibility index (Phi) is 24.1. The van der Waals surface area contributed by atoms with Crippen LogP contribution in [0.25, 0.3) is 0 Å². The summed E-state index contributed by atoms with van der Waals surface area (Å²) in [5, 5.41) is 0. The average Bonchev–Trinajstić information content (AvgIpc) is 3.74. The van der Waals surface area contributed by atoms with Crippen LogP contribution in [-0.2, 0) is 32.9 Å². The van der Waals surface area contributed by atoms with Crippen molar-refractivity contribution in [2.75, 3.05) is 13.2 Å². The van der Waals surface area contributed by atoms with E-state index in [1.165, 1.54) is 38.5 Å². The van der Waals surface area contributed by atoms with Gasteiger partial charge in [0, 0.05) is 12.8 Å². The zero-order valence-electron chi connectivity index (χ0n) is 28.1. The molecular weight excluding hydrogens is 595 g/mol. The van der Waals surface area contributed by atoms with Crippen molar-refractivity contribution in [2.24, 2.45) is 5.92 Å². The van der Waals surface area contributed by atoms with E-state index in [0.29, 0.717) is 25.0 Å². The number of unbranched alkanes of at least 4 members (excludes halogenated alkanes) is 9. The van der Waals surface area contributed by atoms with E-state index in [2.05, 4.69) is 55.7 Å². The van der Waals surface area contributed by atoms with E-state index in [9.17, 15) is 14.2 Å². The molecule has 0 aliphatic carbocycles. The van der Waals surface area contributed by atoms with Crippen LogP contribution < -0.4 is 0 Å². The highest BCUT2D eigenvalue weighted by Gasteiger charge is 2.35. The normalized spacial score (nSPS) is 17.6. The van der Waals surface area contributed by atoms with E-state index >= 15 is 0 Å². The van der Waals surface area contributed by atoms with E-state index in [-0.39, 0.29) is 19.4 Å². The fourth-order valence-corrected chi connectivity index (χ4v) is 5.13. The highest BCUT2D eigenvalue weighted by molar-refractivity contribution is 7.46. The molecule has 0 aromatic heterocycles. The molecule has 1 rings (SSSR count). The van der Waals surface area contributed by atoms with Gasteiger partial charge < -0.3 is 24.0 Å². The van der Waals surface area contributed by atoms with Crippen molar-refractivity contribution in [3.8, 4) is 0 Å². The molecule has 0 amide bonds. The summed E-state index contributed by atoms with van der Waals surface area (Å²) in [5.41, 5.74) is 0. The monoisotopic (exact) mass is 656 g/mol. The van der Waals surface area contributed by atoms with E-state index < -0.39 is 32.5 Å². The van der Waals surface area contributed by atoms with Crippen molar-refractivity contribution in [1.82, 2.24) is 0 Å².